The van der Waals surface area contributed by atoms with Gasteiger partial charge in [-0.05, 0) is 18.6 Å². The second kappa shape index (κ2) is 7.41. The van der Waals surface area contributed by atoms with Gasteiger partial charge in [0.15, 0.2) is 0 Å². The third kappa shape index (κ3) is 4.18. The molecule has 4 N–H and O–H groups in total. The van der Waals surface area contributed by atoms with E-state index >= 15 is 0 Å². The Kier molecular flexibility index (Phi) is 5.88. The number of carbonyl (C=O) groups is 1. The zero-order valence-electron chi connectivity index (χ0n) is 11.0. The Bertz CT molecular complexity index is 486. The number of anilines is 1. The summed E-state index contributed by atoms with van der Waals surface area (Å²) in [5, 5.41) is 22.9. The van der Waals surface area contributed by atoms with E-state index in [-0.39, 0.29) is 36.2 Å². The normalized spacial score (nSPS) is 11.9. The minimum atomic E-state index is -0.733. The van der Waals surface area contributed by atoms with Crippen molar-refractivity contribution < 1.29 is 19.6 Å². The number of carbonyl (C=O) groups excluding carboxylic acids is 1. The van der Waals surface area contributed by atoms with Crippen molar-refractivity contribution in [3.8, 4) is 0 Å². The third-order valence-electron chi connectivity index (χ3n) is 2.68. The van der Waals surface area contributed by atoms with Crippen molar-refractivity contribution in [1.82, 2.24) is 0 Å². The van der Waals surface area contributed by atoms with E-state index in [9.17, 15) is 14.9 Å². The zero-order valence-corrected chi connectivity index (χ0v) is 11.0. The summed E-state index contributed by atoms with van der Waals surface area (Å²) in [5.41, 5.74) is 5.15. The quantitative estimate of drug-likeness (QED) is 0.471. The molecule has 0 fully saturated rings. The summed E-state index contributed by atoms with van der Waals surface area (Å²) in [7, 11) is 1.50. The number of nitro benzene ring substituents is 1. The lowest BCUT2D eigenvalue weighted by Crippen LogP contribution is -2.26. The molecule has 0 spiro atoms. The first kappa shape index (κ1) is 15.9. The lowest BCUT2D eigenvalue weighted by atomic mass is 10.1. The van der Waals surface area contributed by atoms with Crippen molar-refractivity contribution in [2.45, 2.75) is 12.5 Å². The monoisotopic (exact) mass is 283 g/mol. The summed E-state index contributed by atoms with van der Waals surface area (Å²) in [6.45, 7) is 0.212. The highest BCUT2D eigenvalue weighted by molar-refractivity contribution is 5.94. The molecule has 1 aromatic rings. The molecule has 1 unspecified atom stereocenters. The van der Waals surface area contributed by atoms with Gasteiger partial charge in [0.25, 0.3) is 5.69 Å². The zero-order chi connectivity index (χ0) is 15.1. The third-order valence-corrected chi connectivity index (χ3v) is 2.68. The lowest BCUT2D eigenvalue weighted by Gasteiger charge is -2.18. The van der Waals surface area contributed by atoms with E-state index in [1.807, 2.05) is 0 Å². The Morgan fingerprint density at radius 2 is 2.30 bits per heavy atom. The first-order valence-electron chi connectivity index (χ1n) is 5.94. The fourth-order valence-corrected chi connectivity index (χ4v) is 1.73. The van der Waals surface area contributed by atoms with E-state index in [2.05, 4.69) is 5.32 Å². The van der Waals surface area contributed by atoms with Crippen LogP contribution in [0.2, 0.25) is 0 Å². The van der Waals surface area contributed by atoms with Gasteiger partial charge < -0.3 is 20.9 Å². The van der Waals surface area contributed by atoms with E-state index < -0.39 is 10.8 Å². The van der Waals surface area contributed by atoms with Crippen LogP contribution in [-0.4, -0.2) is 42.3 Å². The van der Waals surface area contributed by atoms with Crippen LogP contribution in [0, 0.1) is 10.1 Å². The van der Waals surface area contributed by atoms with Crippen LogP contribution in [0.15, 0.2) is 18.2 Å². The molecule has 110 valence electrons. The molecule has 0 radical (unpaired) electrons. The van der Waals surface area contributed by atoms with Crippen molar-refractivity contribution in [3.05, 3.63) is 33.9 Å². The molecule has 0 bridgehead atoms. The molecule has 1 aromatic carbocycles. The molecular weight excluding hydrogens is 266 g/mol. The SMILES string of the molecule is COCC(CCO)Nc1ccc(C(N)=O)cc1[N+](=O)[O-]. The molecule has 0 saturated heterocycles. The van der Waals surface area contributed by atoms with E-state index in [0.29, 0.717) is 6.42 Å². The lowest BCUT2D eigenvalue weighted by molar-refractivity contribution is -0.384. The van der Waals surface area contributed by atoms with Gasteiger partial charge in [-0.2, -0.15) is 0 Å². The second-order valence-electron chi connectivity index (χ2n) is 4.16. The molecular formula is C12H17N3O5. The number of aliphatic hydroxyl groups is 1. The number of nitrogens with zero attached hydrogens (tertiary/aromatic N) is 1. The van der Waals surface area contributed by atoms with E-state index in [1.54, 1.807) is 0 Å². The van der Waals surface area contributed by atoms with Crippen LogP contribution >= 0.6 is 0 Å². The Labute approximate surface area is 115 Å². The highest BCUT2D eigenvalue weighted by Gasteiger charge is 2.19. The van der Waals surface area contributed by atoms with Crippen LogP contribution in [0.1, 0.15) is 16.8 Å². The first-order valence-corrected chi connectivity index (χ1v) is 5.94. The average molecular weight is 283 g/mol. The van der Waals surface area contributed by atoms with Crippen LogP contribution in [0.4, 0.5) is 11.4 Å². The van der Waals surface area contributed by atoms with Gasteiger partial charge in [0.2, 0.25) is 5.91 Å². The number of nitro groups is 1. The number of ether oxygens (including phenoxy) is 1. The number of nitrogens with one attached hydrogen (secondary N) is 1. The summed E-state index contributed by atoms with van der Waals surface area (Å²) >= 11 is 0. The number of rotatable bonds is 8. The van der Waals surface area contributed by atoms with Gasteiger partial charge in [-0.3, -0.25) is 14.9 Å². The highest BCUT2D eigenvalue weighted by Crippen LogP contribution is 2.26. The molecule has 20 heavy (non-hydrogen) atoms. The topological polar surface area (TPSA) is 128 Å². The summed E-state index contributed by atoms with van der Waals surface area (Å²) in [6, 6.07) is 3.66. The number of hydrogen-bond acceptors (Lipinski definition) is 6. The van der Waals surface area contributed by atoms with Gasteiger partial charge in [0.1, 0.15) is 5.69 Å². The van der Waals surface area contributed by atoms with Gasteiger partial charge in [0, 0.05) is 25.3 Å². The predicted octanol–water partition coefficient (Wildman–Crippen LogP) is 0.503. The van der Waals surface area contributed by atoms with Gasteiger partial charge in [0.05, 0.1) is 17.6 Å². The summed E-state index contributed by atoms with van der Waals surface area (Å²) in [6.07, 6.45) is 0.378. The average Bonchev–Trinajstić information content (AvgIpc) is 2.39. The number of benzene rings is 1. The molecule has 1 amide bonds. The predicted molar refractivity (Wildman–Crippen MR) is 72.6 cm³/mol. The molecule has 0 aliphatic heterocycles. The van der Waals surface area contributed by atoms with Gasteiger partial charge >= 0.3 is 0 Å². The van der Waals surface area contributed by atoms with Crippen molar-refractivity contribution in [2.24, 2.45) is 5.73 Å². The molecule has 1 atom stereocenters. The molecule has 0 aliphatic rings. The van der Waals surface area contributed by atoms with Crippen LogP contribution in [0.3, 0.4) is 0 Å². The molecule has 0 aliphatic carbocycles. The van der Waals surface area contributed by atoms with Crippen molar-refractivity contribution in [3.63, 3.8) is 0 Å². The van der Waals surface area contributed by atoms with Crippen LogP contribution < -0.4 is 11.1 Å². The van der Waals surface area contributed by atoms with Crippen molar-refractivity contribution >= 4 is 17.3 Å². The molecule has 8 heteroatoms. The summed E-state index contributed by atoms with van der Waals surface area (Å²) in [4.78, 5) is 21.5. The smallest absolute Gasteiger partial charge is 0.293 e. The Morgan fingerprint density at radius 1 is 1.60 bits per heavy atom. The standard InChI is InChI=1S/C12H17N3O5/c1-20-7-9(4-5-16)14-10-3-2-8(12(13)17)6-11(10)15(18)19/h2-3,6,9,14,16H,4-5,7H2,1H3,(H2,13,17). The Morgan fingerprint density at radius 3 is 2.80 bits per heavy atom. The van der Waals surface area contributed by atoms with Crippen molar-refractivity contribution in [1.29, 1.82) is 0 Å². The maximum absolute atomic E-state index is 11.0. The largest absolute Gasteiger partial charge is 0.396 e. The van der Waals surface area contributed by atoms with Crippen LogP contribution in [-0.2, 0) is 4.74 Å². The number of primary amides is 1. The molecule has 0 heterocycles. The van der Waals surface area contributed by atoms with Crippen molar-refractivity contribution in [2.75, 3.05) is 25.6 Å². The van der Waals surface area contributed by atoms with Crippen LogP contribution in [0.5, 0.6) is 0 Å². The van der Waals surface area contributed by atoms with E-state index in [4.69, 9.17) is 15.6 Å². The van der Waals surface area contributed by atoms with Gasteiger partial charge in [-0.15, -0.1) is 0 Å². The molecule has 0 saturated carbocycles. The highest BCUT2D eigenvalue weighted by atomic mass is 16.6. The number of amides is 1. The van der Waals surface area contributed by atoms with Gasteiger partial charge in [-0.1, -0.05) is 0 Å². The fourth-order valence-electron chi connectivity index (χ4n) is 1.73. The van der Waals surface area contributed by atoms with Crippen LogP contribution in [0.25, 0.3) is 0 Å². The Hall–Kier alpha value is -2.19. The van der Waals surface area contributed by atoms with Gasteiger partial charge in [-0.25, -0.2) is 0 Å². The maximum Gasteiger partial charge on any atom is 0.293 e. The maximum atomic E-state index is 11.0. The fraction of sp³-hybridized carbons (Fsp3) is 0.417. The first-order chi connectivity index (χ1) is 9.49. The minimum Gasteiger partial charge on any atom is -0.396 e. The summed E-state index contributed by atoms with van der Waals surface area (Å²) < 4.78 is 4.97. The molecule has 8 nitrogen and oxygen atoms in total. The second-order valence-corrected chi connectivity index (χ2v) is 4.16. The summed E-state index contributed by atoms with van der Waals surface area (Å²) in [5.74, 6) is -0.733. The number of nitrogens with two attached hydrogens (primary N) is 1. The van der Waals surface area contributed by atoms with E-state index in [0.717, 1.165) is 6.07 Å². The molecule has 0 aromatic heterocycles. The minimum absolute atomic E-state index is 0.0627. The van der Waals surface area contributed by atoms with E-state index in [1.165, 1.54) is 19.2 Å². The Balaban J connectivity index is 3.03. The number of methoxy groups -OCH3 is 1. The molecule has 1 rings (SSSR count). The number of hydrogen-bond donors (Lipinski definition) is 3. The number of aliphatic hydroxyl groups excluding tert-OH is 1.